The van der Waals surface area contributed by atoms with E-state index in [9.17, 15) is 4.79 Å². The maximum absolute atomic E-state index is 11.0. The Kier molecular flexibility index (Phi) is 5.26. The molecule has 0 bridgehead atoms. The summed E-state index contributed by atoms with van der Waals surface area (Å²) < 4.78 is 4.97. The van der Waals surface area contributed by atoms with E-state index in [1.165, 1.54) is 6.07 Å². The van der Waals surface area contributed by atoms with Gasteiger partial charge in [-0.05, 0) is 25.1 Å². The molecule has 3 N–H and O–H groups in total. The number of rotatable bonds is 7. The van der Waals surface area contributed by atoms with E-state index >= 15 is 0 Å². The van der Waals surface area contributed by atoms with Crippen LogP contribution in [-0.4, -0.2) is 41.3 Å². The number of ether oxygens (including phenoxy) is 1. The number of nitrogens with zero attached hydrogens (tertiary/aromatic N) is 2. The van der Waals surface area contributed by atoms with Crippen molar-refractivity contribution >= 4 is 23.4 Å². The van der Waals surface area contributed by atoms with Gasteiger partial charge in [0.15, 0.2) is 0 Å². The molecule has 0 aliphatic heterocycles. The highest BCUT2D eigenvalue weighted by Crippen LogP contribution is 2.18. The molecule has 0 atom stereocenters. The molecule has 0 amide bonds. The summed E-state index contributed by atoms with van der Waals surface area (Å²) in [5.41, 5.74) is 1.67. The van der Waals surface area contributed by atoms with Gasteiger partial charge in [-0.2, -0.15) is 4.98 Å². The van der Waals surface area contributed by atoms with Crippen LogP contribution in [0.4, 0.5) is 17.5 Å². The quantitative estimate of drug-likeness (QED) is 0.675. The average molecular weight is 302 g/mol. The average Bonchev–Trinajstić information content (AvgIpc) is 2.47. The van der Waals surface area contributed by atoms with Gasteiger partial charge in [-0.15, -0.1) is 0 Å². The SMILES string of the molecule is COCCNc1nc(C)cc(Nc2cccc(C(=O)O)c2)n1. The van der Waals surface area contributed by atoms with Crippen LogP contribution in [0, 0.1) is 6.92 Å². The van der Waals surface area contributed by atoms with Gasteiger partial charge in [-0.3, -0.25) is 0 Å². The van der Waals surface area contributed by atoms with Gasteiger partial charge in [0.25, 0.3) is 0 Å². The van der Waals surface area contributed by atoms with Gasteiger partial charge >= 0.3 is 5.97 Å². The highest BCUT2D eigenvalue weighted by Gasteiger charge is 2.06. The number of carboxylic acid groups (broad SMARTS) is 1. The maximum Gasteiger partial charge on any atom is 0.335 e. The van der Waals surface area contributed by atoms with Crippen LogP contribution in [0.25, 0.3) is 0 Å². The minimum Gasteiger partial charge on any atom is -0.478 e. The van der Waals surface area contributed by atoms with Crippen LogP contribution in [0.5, 0.6) is 0 Å². The summed E-state index contributed by atoms with van der Waals surface area (Å²) in [7, 11) is 1.63. The first-order valence-corrected chi connectivity index (χ1v) is 6.77. The number of aromatic carboxylic acids is 1. The lowest BCUT2D eigenvalue weighted by Crippen LogP contribution is -2.11. The number of carbonyl (C=O) groups is 1. The normalized spacial score (nSPS) is 10.3. The molecule has 0 saturated carbocycles. The Morgan fingerprint density at radius 1 is 1.32 bits per heavy atom. The van der Waals surface area contributed by atoms with Crippen LogP contribution >= 0.6 is 0 Å². The summed E-state index contributed by atoms with van der Waals surface area (Å²) in [6.07, 6.45) is 0. The second-order valence-corrected chi connectivity index (χ2v) is 4.65. The number of aromatic nitrogens is 2. The van der Waals surface area contributed by atoms with Crippen LogP contribution in [0.2, 0.25) is 0 Å². The molecule has 2 aromatic rings. The van der Waals surface area contributed by atoms with Crippen molar-refractivity contribution in [3.8, 4) is 0 Å². The largest absolute Gasteiger partial charge is 0.478 e. The van der Waals surface area contributed by atoms with Crippen molar-refractivity contribution in [3.63, 3.8) is 0 Å². The fraction of sp³-hybridized carbons (Fsp3) is 0.267. The Balaban J connectivity index is 2.15. The predicted octanol–water partition coefficient (Wildman–Crippen LogP) is 2.29. The lowest BCUT2D eigenvalue weighted by Gasteiger charge is -2.10. The van der Waals surface area contributed by atoms with E-state index < -0.39 is 5.97 Å². The molecule has 0 saturated heterocycles. The summed E-state index contributed by atoms with van der Waals surface area (Å²) in [6, 6.07) is 8.34. The van der Waals surface area contributed by atoms with Gasteiger partial charge in [-0.25, -0.2) is 9.78 Å². The standard InChI is InChI=1S/C15H18N4O3/c1-10-8-13(19-15(17-10)16-6-7-22-2)18-12-5-3-4-11(9-12)14(20)21/h3-5,8-9H,6-7H2,1-2H3,(H,20,21)(H2,16,17,18,19). The molecule has 1 aromatic heterocycles. The summed E-state index contributed by atoms with van der Waals surface area (Å²) in [5, 5.41) is 15.2. The number of benzene rings is 1. The molecule has 0 unspecified atom stereocenters. The highest BCUT2D eigenvalue weighted by atomic mass is 16.5. The van der Waals surface area contributed by atoms with Crippen LogP contribution < -0.4 is 10.6 Å². The predicted molar refractivity (Wildman–Crippen MR) is 83.8 cm³/mol. The molecule has 0 radical (unpaired) electrons. The zero-order chi connectivity index (χ0) is 15.9. The number of hydrogen-bond donors (Lipinski definition) is 3. The molecule has 2 rings (SSSR count). The van der Waals surface area contributed by atoms with Crippen LogP contribution in [-0.2, 0) is 4.74 Å². The van der Waals surface area contributed by atoms with Crippen molar-refractivity contribution < 1.29 is 14.6 Å². The summed E-state index contributed by atoms with van der Waals surface area (Å²) in [6.45, 7) is 3.02. The number of carboxylic acids is 1. The number of methoxy groups -OCH3 is 1. The molecule has 7 nitrogen and oxygen atoms in total. The zero-order valence-electron chi connectivity index (χ0n) is 12.5. The van der Waals surface area contributed by atoms with Crippen molar-refractivity contribution in [1.82, 2.24) is 9.97 Å². The Bertz CT molecular complexity index is 661. The molecule has 1 heterocycles. The Morgan fingerprint density at radius 3 is 2.86 bits per heavy atom. The number of anilines is 3. The lowest BCUT2D eigenvalue weighted by molar-refractivity contribution is 0.0697. The van der Waals surface area contributed by atoms with Gasteiger partial charge in [0.1, 0.15) is 5.82 Å². The molecule has 22 heavy (non-hydrogen) atoms. The van der Waals surface area contributed by atoms with Crippen molar-refractivity contribution in [1.29, 1.82) is 0 Å². The Hall–Kier alpha value is -2.67. The van der Waals surface area contributed by atoms with Gasteiger partial charge in [0.2, 0.25) is 5.95 Å². The fourth-order valence-electron chi connectivity index (χ4n) is 1.85. The monoisotopic (exact) mass is 302 g/mol. The molecular formula is C15H18N4O3. The van der Waals surface area contributed by atoms with Gasteiger partial charge in [-0.1, -0.05) is 6.07 Å². The zero-order valence-corrected chi connectivity index (χ0v) is 12.5. The maximum atomic E-state index is 11.0. The third-order valence-electron chi connectivity index (χ3n) is 2.83. The third kappa shape index (κ3) is 4.42. The van der Waals surface area contributed by atoms with Crippen LogP contribution in [0.3, 0.4) is 0 Å². The number of nitrogens with one attached hydrogen (secondary N) is 2. The van der Waals surface area contributed by atoms with E-state index in [2.05, 4.69) is 20.6 Å². The first kappa shape index (κ1) is 15.7. The van der Waals surface area contributed by atoms with E-state index in [1.54, 1.807) is 31.4 Å². The van der Waals surface area contributed by atoms with E-state index in [1.807, 2.05) is 6.92 Å². The molecule has 0 fully saturated rings. The van der Waals surface area contributed by atoms with Gasteiger partial charge in [0, 0.05) is 31.1 Å². The fourth-order valence-corrected chi connectivity index (χ4v) is 1.85. The summed E-state index contributed by atoms with van der Waals surface area (Å²) in [4.78, 5) is 19.6. The number of aryl methyl sites for hydroxylation is 1. The minimum absolute atomic E-state index is 0.217. The van der Waals surface area contributed by atoms with Crippen LogP contribution in [0.1, 0.15) is 16.1 Å². The summed E-state index contributed by atoms with van der Waals surface area (Å²) in [5.74, 6) is 0.119. The van der Waals surface area contributed by atoms with Crippen molar-refractivity contribution in [3.05, 3.63) is 41.6 Å². The first-order valence-electron chi connectivity index (χ1n) is 6.77. The second-order valence-electron chi connectivity index (χ2n) is 4.65. The molecule has 7 heteroatoms. The smallest absolute Gasteiger partial charge is 0.335 e. The Morgan fingerprint density at radius 2 is 2.14 bits per heavy atom. The molecule has 0 spiro atoms. The van der Waals surface area contributed by atoms with E-state index in [0.717, 1.165) is 5.69 Å². The van der Waals surface area contributed by atoms with Crippen molar-refractivity contribution in [2.75, 3.05) is 30.9 Å². The molecule has 116 valence electrons. The minimum atomic E-state index is -0.968. The Labute approximate surface area is 128 Å². The van der Waals surface area contributed by atoms with Crippen LogP contribution in [0.15, 0.2) is 30.3 Å². The third-order valence-corrected chi connectivity index (χ3v) is 2.83. The van der Waals surface area contributed by atoms with E-state index in [4.69, 9.17) is 9.84 Å². The molecule has 0 aliphatic carbocycles. The lowest BCUT2D eigenvalue weighted by atomic mass is 10.2. The van der Waals surface area contributed by atoms with Crippen molar-refractivity contribution in [2.24, 2.45) is 0 Å². The topological polar surface area (TPSA) is 96.4 Å². The van der Waals surface area contributed by atoms with Crippen molar-refractivity contribution in [2.45, 2.75) is 6.92 Å². The van der Waals surface area contributed by atoms with Gasteiger partial charge < -0.3 is 20.5 Å². The summed E-state index contributed by atoms with van der Waals surface area (Å²) >= 11 is 0. The molecule has 1 aromatic carbocycles. The second kappa shape index (κ2) is 7.37. The van der Waals surface area contributed by atoms with E-state index in [0.29, 0.717) is 30.6 Å². The van der Waals surface area contributed by atoms with Gasteiger partial charge in [0.05, 0.1) is 12.2 Å². The molecule has 0 aliphatic rings. The molecular weight excluding hydrogens is 284 g/mol. The van der Waals surface area contributed by atoms with E-state index in [-0.39, 0.29) is 5.56 Å². The number of hydrogen-bond acceptors (Lipinski definition) is 6. The first-order chi connectivity index (χ1) is 10.6. The highest BCUT2D eigenvalue weighted by molar-refractivity contribution is 5.89.